The zero-order chi connectivity index (χ0) is 10.6. The monoisotopic (exact) mass is 217 g/mol. The first-order valence-corrected chi connectivity index (χ1v) is 5.76. The van der Waals surface area contributed by atoms with Crippen LogP contribution < -0.4 is 0 Å². The highest BCUT2D eigenvalue weighted by atomic mass is 32.2. The maximum atomic E-state index is 13.1. The van der Waals surface area contributed by atoms with Gasteiger partial charge in [-0.1, -0.05) is 25.1 Å². The van der Waals surface area contributed by atoms with Gasteiger partial charge in [-0.05, 0) is 23.1 Å². The van der Waals surface area contributed by atoms with Gasteiger partial charge in [0.05, 0.1) is 4.90 Å². The van der Waals surface area contributed by atoms with E-state index in [0.717, 1.165) is 0 Å². The van der Waals surface area contributed by atoms with E-state index < -0.39 is 10.0 Å². The number of hydrogen-bond acceptors (Lipinski definition) is 2. The predicted molar refractivity (Wildman–Crippen MR) is 51.7 cm³/mol. The Hall–Kier alpha value is -0.940. The van der Waals surface area contributed by atoms with E-state index in [-0.39, 0.29) is 16.0 Å². The quantitative estimate of drug-likeness (QED) is 0.723. The lowest BCUT2D eigenvalue weighted by Crippen LogP contribution is -2.23. The van der Waals surface area contributed by atoms with Crippen molar-refractivity contribution in [2.45, 2.75) is 18.2 Å². The lowest BCUT2D eigenvalue weighted by molar-refractivity contribution is 0.139. The third-order valence-electron chi connectivity index (χ3n) is 1.70. The van der Waals surface area contributed by atoms with Gasteiger partial charge < -0.3 is 0 Å². The normalized spacial score (nSPS) is 11.9. The summed E-state index contributed by atoms with van der Waals surface area (Å²) in [5.41, 5.74) is 0. The van der Waals surface area contributed by atoms with Crippen LogP contribution in [0.15, 0.2) is 35.2 Å². The molecule has 1 aromatic carbocycles. The molecule has 0 aliphatic carbocycles. The van der Waals surface area contributed by atoms with Crippen LogP contribution in [-0.4, -0.2) is 19.5 Å². The predicted octanol–water partition coefficient (Wildman–Crippen LogP) is 1.97. The summed E-state index contributed by atoms with van der Waals surface area (Å²) in [5, 5.41) is 0. The molecule has 5 heteroatoms. The molecule has 0 amide bonds. The molecule has 0 bridgehead atoms. The van der Waals surface area contributed by atoms with E-state index in [1.165, 1.54) is 12.1 Å². The van der Waals surface area contributed by atoms with Crippen molar-refractivity contribution in [3.8, 4) is 0 Å². The van der Waals surface area contributed by atoms with Gasteiger partial charge in [0.25, 0.3) is 10.0 Å². The van der Waals surface area contributed by atoms with Crippen LogP contribution in [0.4, 0.5) is 4.48 Å². The van der Waals surface area contributed by atoms with Crippen molar-refractivity contribution in [3.63, 3.8) is 0 Å². The van der Waals surface area contributed by atoms with Crippen LogP contribution in [0.25, 0.3) is 0 Å². The van der Waals surface area contributed by atoms with E-state index in [0.29, 0.717) is 6.42 Å². The molecule has 0 spiro atoms. The molecule has 14 heavy (non-hydrogen) atoms. The average Bonchev–Trinajstić information content (AvgIpc) is 2.19. The fourth-order valence-corrected chi connectivity index (χ4v) is 2.16. The number of sulfonamides is 1. The van der Waals surface area contributed by atoms with Crippen molar-refractivity contribution in [2.24, 2.45) is 0 Å². The molecule has 0 aliphatic heterocycles. The molecule has 0 atom stereocenters. The third-order valence-corrected chi connectivity index (χ3v) is 3.27. The summed E-state index contributed by atoms with van der Waals surface area (Å²) in [7, 11) is -3.93. The molecule has 0 aliphatic rings. The van der Waals surface area contributed by atoms with Crippen molar-refractivity contribution in [2.75, 3.05) is 6.54 Å². The van der Waals surface area contributed by atoms with Crippen LogP contribution in [0.5, 0.6) is 0 Å². The van der Waals surface area contributed by atoms with Crippen LogP contribution in [0.3, 0.4) is 0 Å². The highest BCUT2D eigenvalue weighted by molar-refractivity contribution is 7.89. The molecule has 0 unspecified atom stereocenters. The molecule has 0 fully saturated rings. The molecule has 1 rings (SSSR count). The summed E-state index contributed by atoms with van der Waals surface area (Å²) in [6.45, 7) is 1.60. The number of rotatable bonds is 4. The molecule has 0 N–H and O–H groups in total. The molecule has 0 heterocycles. The SMILES string of the molecule is CCCN(F)S(=O)(=O)c1ccccc1. The van der Waals surface area contributed by atoms with Crippen LogP contribution in [0, 0.1) is 0 Å². The zero-order valence-corrected chi connectivity index (χ0v) is 8.67. The molecule has 0 aromatic heterocycles. The Balaban J connectivity index is 2.97. The maximum absolute atomic E-state index is 13.1. The summed E-state index contributed by atoms with van der Waals surface area (Å²) in [4.78, 5) is -0.0176. The Kier molecular flexibility index (Phi) is 3.60. The number of benzene rings is 1. The van der Waals surface area contributed by atoms with Gasteiger partial charge >= 0.3 is 0 Å². The Morgan fingerprint density at radius 2 is 1.86 bits per heavy atom. The van der Waals surface area contributed by atoms with Crippen molar-refractivity contribution < 1.29 is 12.9 Å². The highest BCUT2D eigenvalue weighted by Crippen LogP contribution is 2.15. The van der Waals surface area contributed by atoms with E-state index in [2.05, 4.69) is 0 Å². The summed E-state index contributed by atoms with van der Waals surface area (Å²) in [5.74, 6) is 0. The molecule has 0 radical (unpaired) electrons. The molecule has 78 valence electrons. The Morgan fingerprint density at radius 1 is 1.29 bits per heavy atom. The van der Waals surface area contributed by atoms with E-state index in [4.69, 9.17) is 0 Å². The topological polar surface area (TPSA) is 37.4 Å². The number of hydrogen-bond donors (Lipinski definition) is 0. The smallest absolute Gasteiger partial charge is 0.205 e. The second kappa shape index (κ2) is 4.52. The van der Waals surface area contributed by atoms with Crippen molar-refractivity contribution in [1.82, 2.24) is 4.53 Å². The van der Waals surface area contributed by atoms with Gasteiger partial charge in [0, 0.05) is 6.54 Å². The van der Waals surface area contributed by atoms with Crippen molar-refractivity contribution >= 4 is 10.0 Å². The summed E-state index contributed by atoms with van der Waals surface area (Å²) < 4.78 is 35.9. The summed E-state index contributed by atoms with van der Waals surface area (Å²) >= 11 is 0. The fourth-order valence-electron chi connectivity index (χ4n) is 1.00. The largest absolute Gasteiger partial charge is 0.269 e. The van der Waals surface area contributed by atoms with Gasteiger partial charge in [0.1, 0.15) is 0 Å². The first-order valence-electron chi connectivity index (χ1n) is 4.32. The van der Waals surface area contributed by atoms with E-state index in [1.54, 1.807) is 25.1 Å². The molecule has 3 nitrogen and oxygen atoms in total. The second-order valence-corrected chi connectivity index (χ2v) is 4.65. The van der Waals surface area contributed by atoms with Gasteiger partial charge in [0.15, 0.2) is 0 Å². The standard InChI is InChI=1S/C9H12FNO2S/c1-2-8-11(10)14(12,13)9-6-4-3-5-7-9/h3-7H,2,8H2,1H3. The zero-order valence-electron chi connectivity index (χ0n) is 7.85. The van der Waals surface area contributed by atoms with Gasteiger partial charge in [-0.3, -0.25) is 0 Å². The second-order valence-electron chi connectivity index (χ2n) is 2.83. The minimum absolute atomic E-state index is 0.0176. The summed E-state index contributed by atoms with van der Waals surface area (Å²) in [6.07, 6.45) is 0.447. The van der Waals surface area contributed by atoms with Gasteiger partial charge in [0.2, 0.25) is 0 Å². The summed E-state index contributed by atoms with van der Waals surface area (Å²) in [6, 6.07) is 7.55. The maximum Gasteiger partial charge on any atom is 0.269 e. The number of nitrogens with zero attached hydrogens (tertiary/aromatic N) is 1. The first-order chi connectivity index (χ1) is 6.59. The van der Waals surface area contributed by atoms with Gasteiger partial charge in [-0.2, -0.15) is 0 Å². The average molecular weight is 217 g/mol. The Bertz CT molecular complexity index is 377. The highest BCUT2D eigenvalue weighted by Gasteiger charge is 2.22. The molecular weight excluding hydrogens is 205 g/mol. The van der Waals surface area contributed by atoms with Crippen LogP contribution >= 0.6 is 0 Å². The Morgan fingerprint density at radius 3 is 2.36 bits per heavy atom. The first kappa shape index (κ1) is 11.1. The van der Waals surface area contributed by atoms with Crippen LogP contribution in [0.2, 0.25) is 0 Å². The van der Waals surface area contributed by atoms with Crippen LogP contribution in [-0.2, 0) is 10.0 Å². The van der Waals surface area contributed by atoms with E-state index >= 15 is 0 Å². The minimum Gasteiger partial charge on any atom is -0.205 e. The van der Waals surface area contributed by atoms with E-state index in [9.17, 15) is 12.9 Å². The molecule has 1 aromatic rings. The Labute approximate surface area is 83.1 Å². The van der Waals surface area contributed by atoms with Crippen LogP contribution in [0.1, 0.15) is 13.3 Å². The van der Waals surface area contributed by atoms with Gasteiger partial charge in [-0.15, -0.1) is 4.48 Å². The minimum atomic E-state index is -3.93. The van der Waals surface area contributed by atoms with E-state index in [1.807, 2.05) is 0 Å². The molecular formula is C9H12FNO2S. The molecule has 0 saturated heterocycles. The molecule has 0 saturated carbocycles. The lowest BCUT2D eigenvalue weighted by atomic mass is 10.4. The lowest BCUT2D eigenvalue weighted by Gasteiger charge is -2.10. The van der Waals surface area contributed by atoms with Gasteiger partial charge in [-0.25, -0.2) is 8.42 Å². The fraction of sp³-hybridized carbons (Fsp3) is 0.333. The van der Waals surface area contributed by atoms with Crippen molar-refractivity contribution in [1.29, 1.82) is 0 Å². The number of halogens is 1. The third kappa shape index (κ3) is 2.30. The van der Waals surface area contributed by atoms with Crippen molar-refractivity contribution in [3.05, 3.63) is 30.3 Å².